The van der Waals surface area contributed by atoms with Crippen molar-refractivity contribution in [1.82, 2.24) is 0 Å². The monoisotopic (exact) mass is 429 g/mol. The molecule has 0 bridgehead atoms. The summed E-state index contributed by atoms with van der Waals surface area (Å²) in [4.78, 5) is 0. The van der Waals surface area contributed by atoms with E-state index in [2.05, 4.69) is 13.8 Å². The Kier molecular flexibility index (Phi) is 5.82. The van der Waals surface area contributed by atoms with Gasteiger partial charge >= 0.3 is 149 Å². The zero-order valence-corrected chi connectivity index (χ0v) is 16.5. The van der Waals surface area contributed by atoms with Gasteiger partial charge in [0.25, 0.3) is 0 Å². The summed E-state index contributed by atoms with van der Waals surface area (Å²) >= 11 is -0.250. The predicted molar refractivity (Wildman–Crippen MR) is 88.4 cm³/mol. The average Bonchev–Trinajstić information content (AvgIpc) is 2.44. The summed E-state index contributed by atoms with van der Waals surface area (Å²) in [6.07, 6.45) is 0. The maximum atomic E-state index is 14.1. The molecular formula is C20H24F2I-. The molecule has 0 aliphatic rings. The third-order valence-corrected chi connectivity index (χ3v) is 7.79. The number of aryl methyl sites for hydroxylation is 1. The number of halogens is 3. The van der Waals surface area contributed by atoms with E-state index < -0.39 is 0 Å². The van der Waals surface area contributed by atoms with Crippen LogP contribution in [0.5, 0.6) is 0 Å². The van der Waals surface area contributed by atoms with E-state index in [9.17, 15) is 8.78 Å². The fraction of sp³-hybridized carbons (Fsp3) is 0.400. The van der Waals surface area contributed by atoms with Crippen LogP contribution in [-0.4, -0.2) is 0 Å². The molecule has 0 aliphatic carbocycles. The molecule has 0 saturated carbocycles. The second-order valence-electron chi connectivity index (χ2n) is 6.67. The van der Waals surface area contributed by atoms with Crippen molar-refractivity contribution in [2.75, 3.05) is 0 Å². The first kappa shape index (κ1) is 18.4. The van der Waals surface area contributed by atoms with Crippen molar-refractivity contribution in [1.29, 1.82) is 0 Å². The van der Waals surface area contributed by atoms with E-state index in [0.29, 0.717) is 0 Å². The van der Waals surface area contributed by atoms with Gasteiger partial charge in [-0.25, -0.2) is 0 Å². The van der Waals surface area contributed by atoms with Crippen molar-refractivity contribution in [2.45, 2.75) is 48.4 Å². The van der Waals surface area contributed by atoms with Crippen LogP contribution in [-0.2, 0) is 7.85 Å². The maximum absolute atomic E-state index is 14.1. The normalized spacial score (nSPS) is 12.2. The van der Waals surface area contributed by atoms with Crippen LogP contribution in [0.25, 0.3) is 0 Å². The number of alkyl halides is 2. The number of hydrogen-bond acceptors (Lipinski definition) is 0. The second kappa shape index (κ2) is 7.29. The Hall–Kier alpha value is -0.970. The summed E-state index contributed by atoms with van der Waals surface area (Å²) in [5, 5.41) is 0. The molecule has 0 aliphatic heterocycles. The summed E-state index contributed by atoms with van der Waals surface area (Å²) < 4.78 is 28.4. The predicted octanol–water partition coefficient (Wildman–Crippen LogP) is 2.92. The second-order valence-corrected chi connectivity index (χ2v) is 10.9. The molecule has 3 heteroatoms. The SMILES string of the molecule is Cc1cc(F)ccc1C(C)(C)[I-]Cc1cccc(F)c1C(C)C. The van der Waals surface area contributed by atoms with Gasteiger partial charge in [0, 0.05) is 0 Å². The van der Waals surface area contributed by atoms with Crippen molar-refractivity contribution in [3.8, 4) is 0 Å². The van der Waals surface area contributed by atoms with Crippen LogP contribution >= 0.6 is 0 Å². The van der Waals surface area contributed by atoms with Gasteiger partial charge in [0.15, 0.2) is 0 Å². The van der Waals surface area contributed by atoms with Crippen LogP contribution in [0.3, 0.4) is 0 Å². The summed E-state index contributed by atoms with van der Waals surface area (Å²) in [5.74, 6) is -0.101. The minimum absolute atomic E-state index is 0.0250. The summed E-state index contributed by atoms with van der Waals surface area (Å²) in [5.41, 5.74) is 4.17. The van der Waals surface area contributed by atoms with Crippen LogP contribution in [0.15, 0.2) is 36.4 Å². The number of rotatable bonds is 5. The van der Waals surface area contributed by atoms with E-state index in [1.165, 1.54) is 11.6 Å². The Morgan fingerprint density at radius 2 is 1.78 bits per heavy atom. The molecule has 0 radical (unpaired) electrons. The van der Waals surface area contributed by atoms with Crippen molar-refractivity contribution in [3.63, 3.8) is 0 Å². The van der Waals surface area contributed by atoms with Crippen molar-refractivity contribution in [2.24, 2.45) is 0 Å². The van der Waals surface area contributed by atoms with Crippen LogP contribution in [0.2, 0.25) is 0 Å². The zero-order valence-electron chi connectivity index (χ0n) is 14.4. The van der Waals surface area contributed by atoms with Crippen LogP contribution in [0.1, 0.15) is 55.9 Å². The van der Waals surface area contributed by atoms with Gasteiger partial charge in [0.1, 0.15) is 0 Å². The van der Waals surface area contributed by atoms with Crippen LogP contribution in [0, 0.1) is 18.6 Å². The number of benzene rings is 2. The van der Waals surface area contributed by atoms with Gasteiger partial charge in [-0.1, -0.05) is 0 Å². The molecule has 2 aromatic carbocycles. The van der Waals surface area contributed by atoms with E-state index in [0.717, 1.165) is 21.1 Å². The Morgan fingerprint density at radius 3 is 2.39 bits per heavy atom. The molecular weight excluding hydrogens is 405 g/mol. The molecule has 0 fully saturated rings. The quantitative estimate of drug-likeness (QED) is 0.507. The fourth-order valence-electron chi connectivity index (χ4n) is 2.95. The van der Waals surface area contributed by atoms with Crippen molar-refractivity contribution in [3.05, 3.63) is 70.3 Å². The first-order valence-electron chi connectivity index (χ1n) is 7.86. The van der Waals surface area contributed by atoms with Gasteiger partial charge in [-0.15, -0.1) is 0 Å². The van der Waals surface area contributed by atoms with E-state index in [-0.39, 0.29) is 42.2 Å². The Bertz CT molecular complexity index is 690. The van der Waals surface area contributed by atoms with Crippen LogP contribution < -0.4 is 21.2 Å². The third kappa shape index (κ3) is 4.31. The molecule has 23 heavy (non-hydrogen) atoms. The molecule has 0 aromatic heterocycles. The number of hydrogen-bond donors (Lipinski definition) is 0. The summed E-state index contributed by atoms with van der Waals surface area (Å²) in [7, 11) is 0. The molecule has 0 amide bonds. The molecule has 0 atom stereocenters. The molecule has 0 N–H and O–H groups in total. The molecule has 0 heterocycles. The summed E-state index contributed by atoms with van der Waals surface area (Å²) in [6.45, 7) is 10.5. The third-order valence-electron chi connectivity index (χ3n) is 4.09. The first-order chi connectivity index (χ1) is 10.7. The van der Waals surface area contributed by atoms with Gasteiger partial charge in [-0.3, -0.25) is 0 Å². The summed E-state index contributed by atoms with van der Waals surface area (Å²) in [6, 6.07) is 10.4. The Labute approximate surface area is 148 Å². The van der Waals surface area contributed by atoms with E-state index in [1.807, 2.05) is 32.9 Å². The molecule has 0 unspecified atom stereocenters. The van der Waals surface area contributed by atoms with Crippen molar-refractivity contribution >= 4 is 0 Å². The fourth-order valence-corrected chi connectivity index (χ4v) is 6.00. The molecule has 2 aromatic rings. The van der Waals surface area contributed by atoms with Gasteiger partial charge in [-0.05, 0) is 0 Å². The molecule has 0 nitrogen and oxygen atoms in total. The van der Waals surface area contributed by atoms with Gasteiger partial charge in [-0.2, -0.15) is 0 Å². The molecule has 0 saturated heterocycles. The topological polar surface area (TPSA) is 0 Å². The Morgan fingerprint density at radius 1 is 1.09 bits per heavy atom. The average molecular weight is 429 g/mol. The van der Waals surface area contributed by atoms with E-state index >= 15 is 0 Å². The first-order valence-corrected chi connectivity index (χ1v) is 10.5. The minimum atomic E-state index is -0.250. The van der Waals surface area contributed by atoms with Gasteiger partial charge < -0.3 is 0 Å². The van der Waals surface area contributed by atoms with E-state index in [4.69, 9.17) is 0 Å². The van der Waals surface area contributed by atoms with Gasteiger partial charge in [0.05, 0.1) is 0 Å². The standard InChI is InChI=1S/C20H24F2I/c1-13(2)19-15(7-6-8-18(19)22)12-23-20(4,5)17-10-9-16(21)11-14(17)3/h6-11,13H,12H2,1-5H3/q-1. The molecule has 2 rings (SSSR count). The molecule has 126 valence electrons. The van der Waals surface area contributed by atoms with E-state index in [1.54, 1.807) is 18.2 Å². The van der Waals surface area contributed by atoms with Gasteiger partial charge in [0.2, 0.25) is 0 Å². The zero-order chi connectivity index (χ0) is 17.2. The Balaban J connectivity index is 2.24. The van der Waals surface area contributed by atoms with Crippen LogP contribution in [0.4, 0.5) is 8.78 Å². The van der Waals surface area contributed by atoms with Crippen molar-refractivity contribution < 1.29 is 30.0 Å². The molecule has 0 spiro atoms.